The van der Waals surface area contributed by atoms with Crippen LogP contribution in [0, 0.1) is 5.82 Å². The number of nitrogens with two attached hydrogens (primary N) is 1. The standard InChI is InChI=1S/C13H16BrFN2OS/c1-7-5-17(6-8(2)18-7)10-4-3-9(13(16)19)11(14)12(10)15/h3-4,7-8H,5-6H2,1-2H3,(H2,16,19)/t7-,8+. The molecular formula is C13H16BrFN2OS. The topological polar surface area (TPSA) is 38.5 Å². The van der Waals surface area contributed by atoms with Gasteiger partial charge in [-0.2, -0.15) is 0 Å². The molecule has 0 spiro atoms. The predicted molar refractivity (Wildman–Crippen MR) is 82.2 cm³/mol. The van der Waals surface area contributed by atoms with Crippen molar-refractivity contribution >= 4 is 38.8 Å². The van der Waals surface area contributed by atoms with Crippen molar-refractivity contribution in [3.8, 4) is 0 Å². The van der Waals surface area contributed by atoms with E-state index in [0.717, 1.165) is 0 Å². The van der Waals surface area contributed by atoms with Crippen LogP contribution in [-0.2, 0) is 4.74 Å². The molecule has 0 radical (unpaired) electrons. The van der Waals surface area contributed by atoms with Crippen molar-refractivity contribution in [1.29, 1.82) is 0 Å². The van der Waals surface area contributed by atoms with Gasteiger partial charge in [0.05, 0.1) is 22.4 Å². The Morgan fingerprint density at radius 1 is 1.42 bits per heavy atom. The van der Waals surface area contributed by atoms with Crippen LogP contribution in [0.2, 0.25) is 0 Å². The Kier molecular flexibility index (Phi) is 4.43. The summed E-state index contributed by atoms with van der Waals surface area (Å²) in [6.45, 7) is 5.30. The summed E-state index contributed by atoms with van der Waals surface area (Å²) in [5.41, 5.74) is 6.63. The summed E-state index contributed by atoms with van der Waals surface area (Å²) in [5.74, 6) is -0.327. The van der Waals surface area contributed by atoms with E-state index in [9.17, 15) is 4.39 Å². The minimum Gasteiger partial charge on any atom is -0.389 e. The van der Waals surface area contributed by atoms with E-state index in [-0.39, 0.29) is 23.0 Å². The molecule has 2 N–H and O–H groups in total. The summed E-state index contributed by atoms with van der Waals surface area (Å²) in [4.78, 5) is 2.17. The van der Waals surface area contributed by atoms with Gasteiger partial charge in [-0.3, -0.25) is 0 Å². The highest BCUT2D eigenvalue weighted by Gasteiger charge is 2.25. The van der Waals surface area contributed by atoms with Crippen molar-refractivity contribution < 1.29 is 9.13 Å². The fourth-order valence-electron chi connectivity index (χ4n) is 2.35. The molecule has 0 bridgehead atoms. The Morgan fingerprint density at radius 3 is 2.53 bits per heavy atom. The summed E-state index contributed by atoms with van der Waals surface area (Å²) in [6.07, 6.45) is 0.161. The fourth-order valence-corrected chi connectivity index (χ4v) is 3.20. The Labute approximate surface area is 126 Å². The monoisotopic (exact) mass is 346 g/mol. The van der Waals surface area contributed by atoms with Crippen LogP contribution >= 0.6 is 28.1 Å². The van der Waals surface area contributed by atoms with E-state index in [1.54, 1.807) is 12.1 Å². The van der Waals surface area contributed by atoms with E-state index in [1.807, 2.05) is 18.7 Å². The third-order valence-corrected chi connectivity index (χ3v) is 4.08. The summed E-state index contributed by atoms with van der Waals surface area (Å²) < 4.78 is 20.4. The number of nitrogens with zero attached hydrogens (tertiary/aromatic N) is 1. The van der Waals surface area contributed by atoms with Crippen molar-refractivity contribution in [2.45, 2.75) is 26.1 Å². The molecule has 19 heavy (non-hydrogen) atoms. The van der Waals surface area contributed by atoms with E-state index < -0.39 is 0 Å². The molecule has 1 aromatic rings. The highest BCUT2D eigenvalue weighted by Crippen LogP contribution is 2.31. The van der Waals surface area contributed by atoms with Crippen molar-refractivity contribution in [2.24, 2.45) is 5.73 Å². The Morgan fingerprint density at radius 2 is 2.00 bits per heavy atom. The molecule has 0 unspecified atom stereocenters. The molecule has 1 aliphatic heterocycles. The molecule has 104 valence electrons. The molecule has 1 fully saturated rings. The van der Waals surface area contributed by atoms with Crippen molar-refractivity contribution in [3.05, 3.63) is 28.0 Å². The molecule has 0 aromatic heterocycles. The minimum absolute atomic E-state index is 0.0807. The summed E-state index contributed by atoms with van der Waals surface area (Å²) in [7, 11) is 0. The van der Waals surface area contributed by atoms with Crippen LogP contribution in [0.5, 0.6) is 0 Å². The maximum absolute atomic E-state index is 14.4. The molecule has 6 heteroatoms. The van der Waals surface area contributed by atoms with Crippen LogP contribution < -0.4 is 10.6 Å². The predicted octanol–water partition coefficient (Wildman–Crippen LogP) is 2.84. The third-order valence-electron chi connectivity index (χ3n) is 3.09. The van der Waals surface area contributed by atoms with Crippen LogP contribution in [0.15, 0.2) is 16.6 Å². The summed E-state index contributed by atoms with van der Waals surface area (Å²) in [6, 6.07) is 3.47. The second-order valence-corrected chi connectivity index (χ2v) is 6.02. The van der Waals surface area contributed by atoms with Gasteiger partial charge in [0.25, 0.3) is 0 Å². The van der Waals surface area contributed by atoms with Gasteiger partial charge in [0.2, 0.25) is 0 Å². The Balaban J connectivity index is 2.35. The quantitative estimate of drug-likeness (QED) is 0.835. The van der Waals surface area contributed by atoms with E-state index in [0.29, 0.717) is 28.8 Å². The maximum Gasteiger partial charge on any atom is 0.161 e. The van der Waals surface area contributed by atoms with E-state index in [2.05, 4.69) is 15.9 Å². The molecule has 0 saturated carbocycles. The Bertz CT molecular complexity index is 502. The van der Waals surface area contributed by atoms with Crippen LogP contribution in [0.3, 0.4) is 0 Å². The first-order valence-corrected chi connectivity index (χ1v) is 7.28. The van der Waals surface area contributed by atoms with Gasteiger partial charge >= 0.3 is 0 Å². The first-order valence-electron chi connectivity index (χ1n) is 6.08. The second kappa shape index (κ2) is 5.73. The lowest BCUT2D eigenvalue weighted by Crippen LogP contribution is -2.45. The largest absolute Gasteiger partial charge is 0.389 e. The van der Waals surface area contributed by atoms with Crippen molar-refractivity contribution in [2.75, 3.05) is 18.0 Å². The maximum atomic E-state index is 14.4. The first kappa shape index (κ1) is 14.7. The number of halogens is 2. The van der Waals surface area contributed by atoms with Crippen LogP contribution in [0.4, 0.5) is 10.1 Å². The molecular weight excluding hydrogens is 331 g/mol. The number of hydrogen-bond donors (Lipinski definition) is 1. The second-order valence-electron chi connectivity index (χ2n) is 4.79. The van der Waals surface area contributed by atoms with Gasteiger partial charge in [-0.05, 0) is 41.9 Å². The number of rotatable bonds is 2. The number of anilines is 1. The number of ether oxygens (including phenoxy) is 1. The van der Waals surface area contributed by atoms with Gasteiger partial charge in [0, 0.05) is 18.7 Å². The van der Waals surface area contributed by atoms with Crippen molar-refractivity contribution in [1.82, 2.24) is 0 Å². The highest BCUT2D eigenvalue weighted by molar-refractivity contribution is 9.10. The molecule has 1 saturated heterocycles. The lowest BCUT2D eigenvalue weighted by molar-refractivity contribution is -0.00539. The van der Waals surface area contributed by atoms with Gasteiger partial charge < -0.3 is 15.4 Å². The summed E-state index contributed by atoms with van der Waals surface area (Å²) in [5, 5.41) is 0. The van der Waals surface area contributed by atoms with E-state index in [1.165, 1.54) is 0 Å². The zero-order valence-electron chi connectivity index (χ0n) is 10.8. The number of thiocarbonyl (C=S) groups is 1. The van der Waals surface area contributed by atoms with Crippen LogP contribution in [0.25, 0.3) is 0 Å². The van der Waals surface area contributed by atoms with E-state index >= 15 is 0 Å². The smallest absolute Gasteiger partial charge is 0.161 e. The normalized spacial score (nSPS) is 23.5. The van der Waals surface area contributed by atoms with Gasteiger partial charge in [-0.1, -0.05) is 12.2 Å². The van der Waals surface area contributed by atoms with Crippen LogP contribution in [0.1, 0.15) is 19.4 Å². The average Bonchev–Trinajstić information content (AvgIpc) is 2.30. The minimum atomic E-state index is -0.327. The number of benzene rings is 1. The Hall–Kier alpha value is -0.720. The number of hydrogen-bond acceptors (Lipinski definition) is 3. The van der Waals surface area contributed by atoms with Gasteiger partial charge in [0.1, 0.15) is 4.99 Å². The van der Waals surface area contributed by atoms with Gasteiger partial charge in [-0.15, -0.1) is 0 Å². The molecule has 2 atom stereocenters. The molecule has 3 nitrogen and oxygen atoms in total. The molecule has 1 heterocycles. The SMILES string of the molecule is C[C@@H]1CN(c2ccc(C(N)=S)c(Br)c2F)C[C@H](C)O1. The summed E-state index contributed by atoms with van der Waals surface area (Å²) >= 11 is 8.12. The van der Waals surface area contributed by atoms with E-state index in [4.69, 9.17) is 22.7 Å². The average molecular weight is 347 g/mol. The molecule has 1 aromatic carbocycles. The van der Waals surface area contributed by atoms with Crippen molar-refractivity contribution in [3.63, 3.8) is 0 Å². The lowest BCUT2D eigenvalue weighted by Gasteiger charge is -2.37. The lowest BCUT2D eigenvalue weighted by atomic mass is 10.1. The first-order chi connectivity index (χ1) is 8.90. The molecule has 1 aliphatic rings. The molecule has 2 rings (SSSR count). The van der Waals surface area contributed by atoms with Gasteiger partial charge in [0.15, 0.2) is 5.82 Å². The fraction of sp³-hybridized carbons (Fsp3) is 0.462. The van der Waals surface area contributed by atoms with Crippen LogP contribution in [-0.4, -0.2) is 30.3 Å². The number of morpholine rings is 1. The third kappa shape index (κ3) is 3.07. The zero-order valence-corrected chi connectivity index (χ0v) is 13.2. The highest BCUT2D eigenvalue weighted by atomic mass is 79.9. The van der Waals surface area contributed by atoms with Gasteiger partial charge in [-0.25, -0.2) is 4.39 Å². The zero-order chi connectivity index (χ0) is 14.2. The molecule has 0 amide bonds. The molecule has 0 aliphatic carbocycles.